The summed E-state index contributed by atoms with van der Waals surface area (Å²) in [5.74, 6) is -1.08. The molecule has 2 amide bonds. The van der Waals surface area contributed by atoms with E-state index in [0.717, 1.165) is 6.07 Å². The molecule has 108 valence electrons. The highest BCUT2D eigenvalue weighted by atomic mass is 35.5. The molecule has 0 unspecified atom stereocenters. The predicted octanol–water partition coefficient (Wildman–Crippen LogP) is 1.49. The third kappa shape index (κ3) is 3.67. The lowest BCUT2D eigenvalue weighted by Gasteiger charge is -2.20. The van der Waals surface area contributed by atoms with Crippen molar-refractivity contribution < 1.29 is 14.5 Å². The fourth-order valence-electron chi connectivity index (χ4n) is 1.29. The minimum Gasteiger partial charge on any atom is -0.369 e. The van der Waals surface area contributed by atoms with Crippen LogP contribution in [0.4, 0.5) is 5.69 Å². The van der Waals surface area contributed by atoms with Crippen LogP contribution in [-0.2, 0) is 4.79 Å². The van der Waals surface area contributed by atoms with Crippen molar-refractivity contribution in [1.29, 1.82) is 0 Å². The number of rotatable bonds is 5. The number of carbonyl (C=O) groups is 2. The first kappa shape index (κ1) is 15.9. The van der Waals surface area contributed by atoms with Gasteiger partial charge in [0.2, 0.25) is 5.91 Å². The second-order valence-electron chi connectivity index (χ2n) is 4.85. The summed E-state index contributed by atoms with van der Waals surface area (Å²) < 4.78 is 0. The molecule has 1 aromatic rings. The Morgan fingerprint density at radius 2 is 2.05 bits per heavy atom. The van der Waals surface area contributed by atoms with Gasteiger partial charge in [-0.05, 0) is 19.9 Å². The van der Waals surface area contributed by atoms with Crippen LogP contribution in [0.15, 0.2) is 18.2 Å². The van der Waals surface area contributed by atoms with Crippen LogP contribution in [0.5, 0.6) is 0 Å². The Morgan fingerprint density at radius 3 is 2.50 bits per heavy atom. The van der Waals surface area contributed by atoms with Crippen LogP contribution in [0, 0.1) is 15.5 Å². The van der Waals surface area contributed by atoms with Crippen molar-refractivity contribution in [2.75, 3.05) is 6.54 Å². The smallest absolute Gasteiger partial charge is 0.270 e. The quantitative estimate of drug-likeness (QED) is 0.633. The highest BCUT2D eigenvalue weighted by Gasteiger charge is 2.26. The number of nitrogens with zero attached hydrogens (tertiary/aromatic N) is 1. The Bertz CT molecular complexity index is 572. The first-order chi connectivity index (χ1) is 9.15. The molecule has 0 saturated carbocycles. The van der Waals surface area contributed by atoms with Gasteiger partial charge in [0.05, 0.1) is 20.9 Å². The molecule has 1 aromatic carbocycles. The number of nitrogens with two attached hydrogens (primary N) is 1. The van der Waals surface area contributed by atoms with Crippen LogP contribution in [0.2, 0.25) is 5.02 Å². The van der Waals surface area contributed by atoms with Crippen molar-refractivity contribution in [3.8, 4) is 0 Å². The molecule has 20 heavy (non-hydrogen) atoms. The monoisotopic (exact) mass is 299 g/mol. The van der Waals surface area contributed by atoms with E-state index in [2.05, 4.69) is 5.32 Å². The van der Waals surface area contributed by atoms with Gasteiger partial charge in [0.1, 0.15) is 0 Å². The zero-order chi connectivity index (χ0) is 15.5. The highest BCUT2D eigenvalue weighted by Crippen LogP contribution is 2.22. The number of nitrogens with one attached hydrogen (secondary N) is 1. The number of carbonyl (C=O) groups excluding carboxylic acids is 2. The number of primary amides is 1. The average molecular weight is 300 g/mol. The SMILES string of the molecule is CC(C)(CNC(=O)c1ccc([N+](=O)[O-])cc1Cl)C(N)=O. The molecule has 7 nitrogen and oxygen atoms in total. The Kier molecular flexibility index (Phi) is 4.67. The normalized spacial score (nSPS) is 10.9. The summed E-state index contributed by atoms with van der Waals surface area (Å²) in [5.41, 5.74) is 4.18. The van der Waals surface area contributed by atoms with Crippen molar-refractivity contribution in [2.45, 2.75) is 13.8 Å². The molecule has 0 aliphatic carbocycles. The van der Waals surface area contributed by atoms with Crippen LogP contribution in [0.3, 0.4) is 0 Å². The van der Waals surface area contributed by atoms with Crippen molar-refractivity contribution in [3.05, 3.63) is 38.9 Å². The summed E-state index contributed by atoms with van der Waals surface area (Å²) >= 11 is 5.82. The summed E-state index contributed by atoms with van der Waals surface area (Å²) in [6.45, 7) is 3.22. The summed E-state index contributed by atoms with van der Waals surface area (Å²) in [4.78, 5) is 33.0. The van der Waals surface area contributed by atoms with Gasteiger partial charge in [-0.2, -0.15) is 0 Å². The average Bonchev–Trinajstić information content (AvgIpc) is 2.35. The van der Waals surface area contributed by atoms with Gasteiger partial charge in [-0.15, -0.1) is 0 Å². The van der Waals surface area contributed by atoms with Crippen LogP contribution in [-0.4, -0.2) is 23.3 Å². The third-order valence-corrected chi connectivity index (χ3v) is 3.08. The largest absolute Gasteiger partial charge is 0.369 e. The number of hydrogen-bond donors (Lipinski definition) is 2. The third-order valence-electron chi connectivity index (χ3n) is 2.77. The molecule has 0 spiro atoms. The van der Waals surface area contributed by atoms with Crippen LogP contribution in [0.25, 0.3) is 0 Å². The van der Waals surface area contributed by atoms with E-state index in [4.69, 9.17) is 17.3 Å². The highest BCUT2D eigenvalue weighted by molar-refractivity contribution is 6.34. The minimum atomic E-state index is -0.900. The lowest BCUT2D eigenvalue weighted by Crippen LogP contribution is -2.42. The van der Waals surface area contributed by atoms with Crippen LogP contribution in [0.1, 0.15) is 24.2 Å². The zero-order valence-corrected chi connectivity index (χ0v) is 11.7. The van der Waals surface area contributed by atoms with Crippen LogP contribution < -0.4 is 11.1 Å². The minimum absolute atomic E-state index is 0.0337. The Hall–Kier alpha value is -2.15. The van der Waals surface area contributed by atoms with E-state index >= 15 is 0 Å². The Balaban J connectivity index is 2.84. The van der Waals surface area contributed by atoms with Gasteiger partial charge < -0.3 is 11.1 Å². The van der Waals surface area contributed by atoms with Gasteiger partial charge in [-0.1, -0.05) is 11.6 Å². The van der Waals surface area contributed by atoms with Gasteiger partial charge in [-0.3, -0.25) is 19.7 Å². The van der Waals surface area contributed by atoms with E-state index < -0.39 is 22.2 Å². The number of amides is 2. The summed E-state index contributed by atoms with van der Waals surface area (Å²) in [6, 6.07) is 3.53. The van der Waals surface area contributed by atoms with Gasteiger partial charge in [0.15, 0.2) is 0 Å². The molecular formula is C12H14ClN3O4. The molecule has 0 fully saturated rings. The second kappa shape index (κ2) is 5.87. The number of nitro groups is 1. The fraction of sp³-hybridized carbons (Fsp3) is 0.333. The van der Waals surface area contributed by atoms with E-state index in [1.54, 1.807) is 13.8 Å². The lowest BCUT2D eigenvalue weighted by atomic mass is 9.92. The maximum atomic E-state index is 11.9. The fourth-order valence-corrected chi connectivity index (χ4v) is 1.55. The molecule has 0 bridgehead atoms. The number of benzene rings is 1. The number of non-ortho nitro benzene ring substituents is 1. The Morgan fingerprint density at radius 1 is 1.45 bits per heavy atom. The van der Waals surface area contributed by atoms with E-state index in [-0.39, 0.29) is 22.8 Å². The van der Waals surface area contributed by atoms with Gasteiger partial charge in [-0.25, -0.2) is 0 Å². The van der Waals surface area contributed by atoms with Crippen molar-refractivity contribution in [1.82, 2.24) is 5.32 Å². The molecule has 0 aliphatic heterocycles. The zero-order valence-electron chi connectivity index (χ0n) is 11.0. The lowest BCUT2D eigenvalue weighted by molar-refractivity contribution is -0.384. The Labute approximate surface area is 120 Å². The summed E-state index contributed by atoms with van der Waals surface area (Å²) in [6.07, 6.45) is 0. The standard InChI is InChI=1S/C12H14ClN3O4/c1-12(2,11(14)18)6-15-10(17)8-4-3-7(16(19)20)5-9(8)13/h3-5H,6H2,1-2H3,(H2,14,18)(H,15,17). The van der Waals surface area contributed by atoms with E-state index in [0.29, 0.717) is 0 Å². The molecule has 0 radical (unpaired) electrons. The van der Waals surface area contributed by atoms with Crippen molar-refractivity contribution in [2.24, 2.45) is 11.1 Å². The molecule has 1 rings (SSSR count). The molecular weight excluding hydrogens is 286 g/mol. The predicted molar refractivity (Wildman–Crippen MR) is 73.4 cm³/mol. The number of hydrogen-bond acceptors (Lipinski definition) is 4. The number of halogens is 1. The first-order valence-corrected chi connectivity index (χ1v) is 6.05. The van der Waals surface area contributed by atoms with E-state index in [9.17, 15) is 19.7 Å². The van der Waals surface area contributed by atoms with E-state index in [1.165, 1.54) is 12.1 Å². The van der Waals surface area contributed by atoms with Crippen LogP contribution >= 0.6 is 11.6 Å². The first-order valence-electron chi connectivity index (χ1n) is 5.67. The van der Waals surface area contributed by atoms with Crippen molar-refractivity contribution >= 4 is 29.1 Å². The van der Waals surface area contributed by atoms with Gasteiger partial charge >= 0.3 is 0 Å². The number of nitro benzene ring substituents is 1. The molecule has 0 aromatic heterocycles. The molecule has 8 heteroatoms. The van der Waals surface area contributed by atoms with Gasteiger partial charge in [0, 0.05) is 18.7 Å². The molecule has 0 saturated heterocycles. The molecule has 3 N–H and O–H groups in total. The van der Waals surface area contributed by atoms with Crippen molar-refractivity contribution in [3.63, 3.8) is 0 Å². The maximum absolute atomic E-state index is 11.9. The molecule has 0 heterocycles. The summed E-state index contributed by atoms with van der Waals surface area (Å²) in [5, 5.41) is 13.0. The van der Waals surface area contributed by atoms with E-state index in [1.807, 2.05) is 0 Å². The maximum Gasteiger partial charge on any atom is 0.270 e. The molecule has 0 atom stereocenters. The second-order valence-corrected chi connectivity index (χ2v) is 5.26. The summed E-state index contributed by atoms with van der Waals surface area (Å²) in [7, 11) is 0. The van der Waals surface area contributed by atoms with Gasteiger partial charge in [0.25, 0.3) is 11.6 Å². The topological polar surface area (TPSA) is 115 Å². The molecule has 0 aliphatic rings.